The summed E-state index contributed by atoms with van der Waals surface area (Å²) in [6, 6.07) is 11.2. The first-order chi connectivity index (χ1) is 12.6. The van der Waals surface area contributed by atoms with Crippen LogP contribution in [-0.2, 0) is 16.1 Å². The van der Waals surface area contributed by atoms with Gasteiger partial charge in [-0.05, 0) is 32.0 Å². The number of nitrogens with one attached hydrogen (secondary N) is 1. The Morgan fingerprint density at radius 3 is 2.73 bits per heavy atom. The summed E-state index contributed by atoms with van der Waals surface area (Å²) in [6.07, 6.45) is -0.584. The van der Waals surface area contributed by atoms with Crippen LogP contribution in [0.2, 0.25) is 0 Å². The second-order valence-electron chi connectivity index (χ2n) is 6.19. The maximum absolute atomic E-state index is 12.3. The molecule has 7 nitrogen and oxygen atoms in total. The smallest absolute Gasteiger partial charge is 0.261 e. The molecule has 1 N–H and O–H groups in total. The molecule has 1 fully saturated rings. The Hall–Kier alpha value is -2.67. The number of carbonyl (C=O) groups is 1. The van der Waals surface area contributed by atoms with Crippen molar-refractivity contribution in [2.24, 2.45) is 0 Å². The van der Waals surface area contributed by atoms with Crippen molar-refractivity contribution in [3.63, 3.8) is 0 Å². The van der Waals surface area contributed by atoms with E-state index in [0.717, 1.165) is 24.5 Å². The van der Waals surface area contributed by atoms with Crippen molar-refractivity contribution in [1.82, 2.24) is 15.3 Å². The first-order valence-corrected chi connectivity index (χ1v) is 8.78. The van der Waals surface area contributed by atoms with Crippen molar-refractivity contribution in [2.75, 3.05) is 31.2 Å². The molecule has 1 saturated heterocycles. The number of hydrogen-bond donors (Lipinski definition) is 1. The van der Waals surface area contributed by atoms with Gasteiger partial charge in [0.15, 0.2) is 6.10 Å². The molecule has 1 aliphatic rings. The fraction of sp³-hybridized carbons (Fsp3) is 0.421. The summed E-state index contributed by atoms with van der Waals surface area (Å²) in [6.45, 7) is 6.90. The van der Waals surface area contributed by atoms with E-state index < -0.39 is 6.10 Å². The maximum atomic E-state index is 12.3. The molecule has 7 heteroatoms. The molecule has 0 spiro atoms. The molecular formula is C19H24N4O3. The van der Waals surface area contributed by atoms with Crippen LogP contribution in [0.25, 0.3) is 0 Å². The van der Waals surface area contributed by atoms with Gasteiger partial charge in [0.1, 0.15) is 5.75 Å². The molecule has 1 aliphatic heterocycles. The number of nitrogens with zero attached hydrogens (tertiary/aromatic N) is 3. The molecular weight excluding hydrogens is 332 g/mol. The lowest BCUT2D eigenvalue weighted by atomic mass is 10.3. The molecule has 1 aromatic heterocycles. The monoisotopic (exact) mass is 356 g/mol. The number of para-hydroxylation sites is 1. The van der Waals surface area contributed by atoms with Crippen molar-refractivity contribution >= 4 is 11.9 Å². The van der Waals surface area contributed by atoms with Crippen LogP contribution >= 0.6 is 0 Å². The van der Waals surface area contributed by atoms with Crippen LogP contribution in [0.4, 0.5) is 5.95 Å². The quantitative estimate of drug-likeness (QED) is 0.849. The zero-order chi connectivity index (χ0) is 18.4. The number of ether oxygens (including phenoxy) is 2. The first kappa shape index (κ1) is 18.1. The van der Waals surface area contributed by atoms with Crippen LogP contribution in [0.1, 0.15) is 18.3 Å². The van der Waals surface area contributed by atoms with Gasteiger partial charge in [-0.15, -0.1) is 0 Å². The highest BCUT2D eigenvalue weighted by atomic mass is 16.5. The molecule has 0 bridgehead atoms. The molecule has 0 saturated carbocycles. The summed E-state index contributed by atoms with van der Waals surface area (Å²) < 4.78 is 11.0. The van der Waals surface area contributed by atoms with Crippen LogP contribution in [0.15, 0.2) is 36.4 Å². The molecule has 0 radical (unpaired) electrons. The summed E-state index contributed by atoms with van der Waals surface area (Å²) in [7, 11) is 0. The molecule has 26 heavy (non-hydrogen) atoms. The molecule has 2 aromatic rings. The minimum absolute atomic E-state index is 0.182. The number of hydrogen-bond acceptors (Lipinski definition) is 6. The summed E-state index contributed by atoms with van der Waals surface area (Å²) >= 11 is 0. The second-order valence-corrected chi connectivity index (χ2v) is 6.19. The van der Waals surface area contributed by atoms with Gasteiger partial charge >= 0.3 is 0 Å². The Morgan fingerprint density at radius 1 is 1.27 bits per heavy atom. The van der Waals surface area contributed by atoms with Gasteiger partial charge in [0.05, 0.1) is 25.5 Å². The minimum atomic E-state index is -0.584. The molecule has 1 amide bonds. The van der Waals surface area contributed by atoms with E-state index in [2.05, 4.69) is 20.2 Å². The number of amides is 1. The molecule has 0 aliphatic carbocycles. The van der Waals surface area contributed by atoms with Crippen molar-refractivity contribution in [3.05, 3.63) is 47.8 Å². The SMILES string of the molecule is Cc1cc(CNC(=O)C(C)Oc2ccccc2)nc(N2CCOCC2)n1. The number of carbonyl (C=O) groups excluding carboxylic acids is 1. The van der Waals surface area contributed by atoms with Gasteiger partial charge in [-0.25, -0.2) is 9.97 Å². The molecule has 1 aromatic carbocycles. The molecule has 2 heterocycles. The first-order valence-electron chi connectivity index (χ1n) is 8.78. The highest BCUT2D eigenvalue weighted by Crippen LogP contribution is 2.13. The molecule has 1 atom stereocenters. The minimum Gasteiger partial charge on any atom is -0.481 e. The van der Waals surface area contributed by atoms with Gasteiger partial charge < -0.3 is 19.7 Å². The van der Waals surface area contributed by atoms with E-state index in [1.54, 1.807) is 6.92 Å². The van der Waals surface area contributed by atoms with E-state index in [0.29, 0.717) is 31.5 Å². The van der Waals surface area contributed by atoms with Gasteiger partial charge in [0.25, 0.3) is 5.91 Å². The van der Waals surface area contributed by atoms with Gasteiger partial charge in [-0.1, -0.05) is 18.2 Å². The van der Waals surface area contributed by atoms with Crippen LogP contribution < -0.4 is 15.0 Å². The normalized spacial score (nSPS) is 15.4. The Bertz CT molecular complexity index is 733. The number of benzene rings is 1. The van der Waals surface area contributed by atoms with Crippen LogP contribution in [0.3, 0.4) is 0 Å². The average molecular weight is 356 g/mol. The van der Waals surface area contributed by atoms with E-state index in [4.69, 9.17) is 9.47 Å². The average Bonchev–Trinajstić information content (AvgIpc) is 2.67. The van der Waals surface area contributed by atoms with E-state index in [-0.39, 0.29) is 5.91 Å². The van der Waals surface area contributed by atoms with E-state index in [1.807, 2.05) is 43.3 Å². The standard InChI is InChI=1S/C19H24N4O3/c1-14-12-16(22-19(21-14)23-8-10-25-11-9-23)13-20-18(24)15(2)26-17-6-4-3-5-7-17/h3-7,12,15H,8-11,13H2,1-2H3,(H,20,24). The molecule has 1 unspecified atom stereocenters. The molecule has 138 valence electrons. The maximum Gasteiger partial charge on any atom is 0.261 e. The summed E-state index contributed by atoms with van der Waals surface area (Å²) in [5, 5.41) is 2.88. The third-order valence-corrected chi connectivity index (χ3v) is 4.06. The van der Waals surface area contributed by atoms with Gasteiger partial charge in [-0.2, -0.15) is 0 Å². The lowest BCUT2D eigenvalue weighted by Crippen LogP contribution is -2.38. The van der Waals surface area contributed by atoms with Crippen molar-refractivity contribution in [1.29, 1.82) is 0 Å². The van der Waals surface area contributed by atoms with Crippen LogP contribution in [0, 0.1) is 6.92 Å². The summed E-state index contributed by atoms with van der Waals surface area (Å²) in [5.74, 6) is 1.17. The topological polar surface area (TPSA) is 76.6 Å². The van der Waals surface area contributed by atoms with Crippen LogP contribution in [-0.4, -0.2) is 48.3 Å². The predicted octanol–water partition coefficient (Wildman–Crippen LogP) is 1.71. The number of morpholine rings is 1. The van der Waals surface area contributed by atoms with E-state index in [9.17, 15) is 4.79 Å². The van der Waals surface area contributed by atoms with E-state index in [1.165, 1.54) is 0 Å². The van der Waals surface area contributed by atoms with Crippen molar-refractivity contribution < 1.29 is 14.3 Å². The summed E-state index contributed by atoms with van der Waals surface area (Å²) in [5.41, 5.74) is 1.65. The largest absolute Gasteiger partial charge is 0.481 e. The molecule has 3 rings (SSSR count). The highest BCUT2D eigenvalue weighted by molar-refractivity contribution is 5.80. The van der Waals surface area contributed by atoms with Crippen molar-refractivity contribution in [2.45, 2.75) is 26.5 Å². The predicted molar refractivity (Wildman–Crippen MR) is 98.2 cm³/mol. The zero-order valence-electron chi connectivity index (χ0n) is 15.1. The number of rotatable bonds is 6. The Labute approximate surface area is 153 Å². The third-order valence-electron chi connectivity index (χ3n) is 4.06. The number of aryl methyl sites for hydroxylation is 1. The lowest BCUT2D eigenvalue weighted by Gasteiger charge is -2.27. The number of anilines is 1. The fourth-order valence-electron chi connectivity index (χ4n) is 2.69. The Kier molecular flexibility index (Phi) is 6.01. The van der Waals surface area contributed by atoms with Gasteiger partial charge in [-0.3, -0.25) is 4.79 Å². The third kappa shape index (κ3) is 4.92. The van der Waals surface area contributed by atoms with Gasteiger partial charge in [0.2, 0.25) is 5.95 Å². The van der Waals surface area contributed by atoms with E-state index >= 15 is 0 Å². The highest BCUT2D eigenvalue weighted by Gasteiger charge is 2.17. The fourth-order valence-corrected chi connectivity index (χ4v) is 2.69. The number of aromatic nitrogens is 2. The lowest BCUT2D eigenvalue weighted by molar-refractivity contribution is -0.127. The van der Waals surface area contributed by atoms with Crippen molar-refractivity contribution in [3.8, 4) is 5.75 Å². The Morgan fingerprint density at radius 2 is 2.00 bits per heavy atom. The second kappa shape index (κ2) is 8.62. The van der Waals surface area contributed by atoms with Crippen LogP contribution in [0.5, 0.6) is 5.75 Å². The zero-order valence-corrected chi connectivity index (χ0v) is 15.1. The van der Waals surface area contributed by atoms with Gasteiger partial charge in [0, 0.05) is 18.8 Å². The Balaban J connectivity index is 1.58. The summed E-state index contributed by atoms with van der Waals surface area (Å²) in [4.78, 5) is 23.5.